The summed E-state index contributed by atoms with van der Waals surface area (Å²) in [5.41, 5.74) is 12.6. The molecule has 1 aliphatic heterocycles. The molecule has 0 bridgehead atoms. The lowest BCUT2D eigenvalue weighted by Crippen LogP contribution is -2.32. The van der Waals surface area contributed by atoms with Crippen molar-refractivity contribution in [1.29, 1.82) is 0 Å². The van der Waals surface area contributed by atoms with Crippen LogP contribution in [0.2, 0.25) is 0 Å². The lowest BCUT2D eigenvalue weighted by molar-refractivity contribution is 0.636. The Labute approximate surface area is 179 Å². The average molecular weight is 395 g/mol. The van der Waals surface area contributed by atoms with Gasteiger partial charge in [-0.1, -0.05) is 67.1 Å². The van der Waals surface area contributed by atoms with Gasteiger partial charge in [0.2, 0.25) is 0 Å². The molecule has 0 fully saturated rings. The highest BCUT2D eigenvalue weighted by molar-refractivity contribution is 6.06. The van der Waals surface area contributed by atoms with Crippen molar-refractivity contribution >= 4 is 16.6 Å². The van der Waals surface area contributed by atoms with Crippen molar-refractivity contribution in [1.82, 2.24) is 4.57 Å². The first-order valence-corrected chi connectivity index (χ1v) is 11.1. The monoisotopic (exact) mass is 394 g/mol. The molecule has 0 saturated carbocycles. The number of anilines is 1. The van der Waals surface area contributed by atoms with Gasteiger partial charge in [-0.3, -0.25) is 0 Å². The molecule has 0 unspecified atom stereocenters. The van der Waals surface area contributed by atoms with Gasteiger partial charge in [-0.2, -0.15) is 0 Å². The summed E-state index contributed by atoms with van der Waals surface area (Å²) >= 11 is 0. The minimum atomic E-state index is 0.966. The Hall–Kier alpha value is -3.00. The maximum atomic E-state index is 2.60. The molecule has 2 nitrogen and oxygen atoms in total. The summed E-state index contributed by atoms with van der Waals surface area (Å²) in [6.07, 6.45) is 1.04. The van der Waals surface area contributed by atoms with Crippen LogP contribution in [0.3, 0.4) is 0 Å². The molecule has 152 valence electrons. The zero-order valence-corrected chi connectivity index (χ0v) is 18.5. The first kappa shape index (κ1) is 19.0. The quantitative estimate of drug-likeness (QED) is 0.369. The second-order valence-electron chi connectivity index (χ2n) is 8.65. The van der Waals surface area contributed by atoms with Crippen LogP contribution in [-0.4, -0.2) is 11.1 Å². The van der Waals surface area contributed by atoms with Crippen molar-refractivity contribution in [3.05, 3.63) is 88.6 Å². The van der Waals surface area contributed by atoms with Crippen molar-refractivity contribution in [2.24, 2.45) is 0 Å². The first-order valence-electron chi connectivity index (χ1n) is 11.1. The van der Waals surface area contributed by atoms with Crippen LogP contribution >= 0.6 is 0 Å². The number of hydrogen-bond acceptors (Lipinski definition) is 1. The van der Waals surface area contributed by atoms with E-state index in [1.165, 1.54) is 55.7 Å². The molecule has 5 rings (SSSR count). The van der Waals surface area contributed by atoms with Crippen molar-refractivity contribution in [3.63, 3.8) is 0 Å². The largest absolute Gasteiger partial charge is 0.363 e. The van der Waals surface area contributed by atoms with Crippen molar-refractivity contribution in [3.8, 4) is 11.1 Å². The Morgan fingerprint density at radius 1 is 0.867 bits per heavy atom. The Balaban J connectivity index is 1.77. The van der Waals surface area contributed by atoms with Gasteiger partial charge in [0.1, 0.15) is 0 Å². The number of hydrogen-bond donors (Lipinski definition) is 0. The van der Waals surface area contributed by atoms with E-state index in [9.17, 15) is 0 Å². The molecular weight excluding hydrogens is 364 g/mol. The molecule has 1 aromatic heterocycles. The van der Waals surface area contributed by atoms with Crippen LogP contribution in [0, 0.1) is 20.8 Å². The number of aryl methyl sites for hydroxylation is 2. The van der Waals surface area contributed by atoms with E-state index in [1.54, 1.807) is 0 Å². The third-order valence-electron chi connectivity index (χ3n) is 6.73. The Morgan fingerprint density at radius 3 is 2.30 bits per heavy atom. The zero-order valence-electron chi connectivity index (χ0n) is 18.5. The summed E-state index contributed by atoms with van der Waals surface area (Å²) < 4.78 is 2.54. The molecule has 0 amide bonds. The zero-order chi connectivity index (χ0) is 20.8. The molecule has 2 heterocycles. The van der Waals surface area contributed by atoms with E-state index >= 15 is 0 Å². The molecule has 0 aliphatic carbocycles. The minimum absolute atomic E-state index is 0.966. The lowest BCUT2D eigenvalue weighted by Gasteiger charge is -2.34. The van der Waals surface area contributed by atoms with E-state index in [-0.39, 0.29) is 0 Å². The number of benzene rings is 3. The molecule has 0 N–H and O–H groups in total. The predicted molar refractivity (Wildman–Crippen MR) is 128 cm³/mol. The van der Waals surface area contributed by atoms with Crippen LogP contribution in [0.1, 0.15) is 34.9 Å². The van der Waals surface area contributed by atoms with E-state index in [2.05, 4.69) is 97.8 Å². The molecule has 4 aromatic rings. The van der Waals surface area contributed by atoms with Gasteiger partial charge in [0, 0.05) is 30.7 Å². The van der Waals surface area contributed by atoms with Gasteiger partial charge in [-0.05, 0) is 61.1 Å². The Morgan fingerprint density at radius 2 is 1.60 bits per heavy atom. The molecule has 1 aliphatic rings. The number of nitrogens with zero attached hydrogens (tertiary/aromatic N) is 2. The van der Waals surface area contributed by atoms with Crippen molar-refractivity contribution < 1.29 is 0 Å². The molecule has 0 radical (unpaired) electrons. The Bertz CT molecular complexity index is 1210. The molecule has 0 atom stereocenters. The van der Waals surface area contributed by atoms with E-state index in [1.807, 2.05) is 0 Å². The standard InChI is InChI=1S/C28H30N2/c1-5-24-21(4)27-28-25(26(24)23-13-11-19(2)12-14-23)17-20(3)30(28)16-15-29(27)18-22-9-7-6-8-10-22/h6-14,17H,5,15-16,18H2,1-4H3. The molecule has 2 heteroatoms. The average Bonchev–Trinajstić information content (AvgIpc) is 3.09. The van der Waals surface area contributed by atoms with Gasteiger partial charge >= 0.3 is 0 Å². The second kappa shape index (κ2) is 7.36. The summed E-state index contributed by atoms with van der Waals surface area (Å²) in [7, 11) is 0. The molecule has 3 aromatic carbocycles. The molecule has 0 spiro atoms. The lowest BCUT2D eigenvalue weighted by atomic mass is 9.88. The van der Waals surface area contributed by atoms with E-state index < -0.39 is 0 Å². The van der Waals surface area contributed by atoms with Crippen molar-refractivity contribution in [2.75, 3.05) is 11.4 Å². The van der Waals surface area contributed by atoms with Gasteiger partial charge in [0.15, 0.2) is 0 Å². The SMILES string of the molecule is CCc1c(C)c2c3c(cc(C)n3CCN2Cc2ccccc2)c1-c1ccc(C)cc1. The fourth-order valence-electron chi connectivity index (χ4n) is 5.25. The van der Waals surface area contributed by atoms with E-state index in [0.717, 1.165) is 26.1 Å². The summed E-state index contributed by atoms with van der Waals surface area (Å²) in [5, 5.41) is 1.41. The summed E-state index contributed by atoms with van der Waals surface area (Å²) in [4.78, 5) is 2.60. The fourth-order valence-corrected chi connectivity index (χ4v) is 5.25. The molecule has 30 heavy (non-hydrogen) atoms. The summed E-state index contributed by atoms with van der Waals surface area (Å²) in [6, 6.07) is 22.4. The maximum absolute atomic E-state index is 2.60. The topological polar surface area (TPSA) is 8.17 Å². The first-order chi connectivity index (χ1) is 14.6. The smallest absolute Gasteiger partial charge is 0.0730 e. The Kier molecular flexibility index (Phi) is 4.66. The highest BCUT2D eigenvalue weighted by atomic mass is 15.2. The summed E-state index contributed by atoms with van der Waals surface area (Å²) in [6.45, 7) is 12.1. The van der Waals surface area contributed by atoms with Gasteiger partial charge in [0.05, 0.1) is 11.2 Å². The third-order valence-corrected chi connectivity index (χ3v) is 6.73. The second-order valence-corrected chi connectivity index (χ2v) is 8.65. The van der Waals surface area contributed by atoms with E-state index in [4.69, 9.17) is 0 Å². The predicted octanol–water partition coefficient (Wildman–Crippen LogP) is 6.82. The van der Waals surface area contributed by atoms with Gasteiger partial charge in [-0.15, -0.1) is 0 Å². The summed E-state index contributed by atoms with van der Waals surface area (Å²) in [5.74, 6) is 0. The minimum Gasteiger partial charge on any atom is -0.363 e. The van der Waals surface area contributed by atoms with Crippen LogP contribution in [0.5, 0.6) is 0 Å². The highest BCUT2D eigenvalue weighted by Gasteiger charge is 2.27. The fraction of sp³-hybridized carbons (Fsp3) is 0.286. The number of rotatable bonds is 4. The van der Waals surface area contributed by atoms with Gasteiger partial charge in [0.25, 0.3) is 0 Å². The normalized spacial score (nSPS) is 13.3. The van der Waals surface area contributed by atoms with Crippen molar-refractivity contribution in [2.45, 2.75) is 47.2 Å². The van der Waals surface area contributed by atoms with Crippen LogP contribution in [-0.2, 0) is 19.5 Å². The number of aromatic nitrogens is 1. The van der Waals surface area contributed by atoms with Crippen LogP contribution in [0.25, 0.3) is 22.0 Å². The molecular formula is C28H30N2. The van der Waals surface area contributed by atoms with Crippen LogP contribution < -0.4 is 4.90 Å². The van der Waals surface area contributed by atoms with Crippen LogP contribution in [0.15, 0.2) is 60.7 Å². The van der Waals surface area contributed by atoms with E-state index in [0.29, 0.717) is 0 Å². The highest BCUT2D eigenvalue weighted by Crippen LogP contribution is 2.45. The van der Waals surface area contributed by atoms with Gasteiger partial charge in [-0.25, -0.2) is 0 Å². The van der Waals surface area contributed by atoms with Gasteiger partial charge < -0.3 is 9.47 Å². The maximum Gasteiger partial charge on any atom is 0.0730 e. The molecule has 0 saturated heterocycles. The van der Waals surface area contributed by atoms with Crippen LogP contribution in [0.4, 0.5) is 5.69 Å². The third kappa shape index (κ3) is 2.94.